The van der Waals surface area contributed by atoms with E-state index in [1.165, 1.54) is 39.5 Å². The van der Waals surface area contributed by atoms with Gasteiger partial charge < -0.3 is 14.7 Å². The van der Waals surface area contributed by atoms with Crippen molar-refractivity contribution in [3.05, 3.63) is 158 Å². The van der Waals surface area contributed by atoms with E-state index in [4.69, 9.17) is 16.1 Å². The van der Waals surface area contributed by atoms with Crippen molar-refractivity contribution in [2.24, 2.45) is 0 Å². The van der Waals surface area contributed by atoms with E-state index in [-0.39, 0.29) is 0 Å². The maximum Gasteiger partial charge on any atom is 0.124 e. The van der Waals surface area contributed by atoms with E-state index in [0.717, 1.165) is 107 Å². The molecule has 0 unspecified atom stereocenters. The Morgan fingerprint density at radius 2 is 1.03 bits per heavy atom. The first-order valence-corrected chi connectivity index (χ1v) is 22.1. The van der Waals surface area contributed by atoms with Gasteiger partial charge in [-0.1, -0.05) is 86.2 Å². The number of terminal acetylenes is 1. The molecule has 7 aromatic rings. The molecule has 2 aliphatic heterocycles. The third kappa shape index (κ3) is 8.11. The Labute approximate surface area is 373 Å². The summed E-state index contributed by atoms with van der Waals surface area (Å²) >= 11 is 2.37. The average molecular weight is 909 g/mol. The molecule has 0 amide bonds. The van der Waals surface area contributed by atoms with E-state index in [2.05, 4.69) is 194 Å². The summed E-state index contributed by atoms with van der Waals surface area (Å²) in [7, 11) is 0. The number of hydrogen-bond acceptors (Lipinski definition) is 3. The second-order valence-corrected chi connectivity index (χ2v) is 17.2. The minimum atomic E-state index is 0.706. The van der Waals surface area contributed by atoms with Gasteiger partial charge in [-0.25, -0.2) is 9.97 Å². The molecule has 0 radical (unpaired) electrons. The van der Waals surface area contributed by atoms with Crippen molar-refractivity contribution < 1.29 is 6.11 Å². The third-order valence-electron chi connectivity index (χ3n) is 11.5. The summed E-state index contributed by atoms with van der Waals surface area (Å²) < 4.78 is 14.8. The predicted octanol–water partition coefficient (Wildman–Crippen LogP) is 14.8. The minimum absolute atomic E-state index is 0.706. The molecule has 0 saturated carbocycles. The second-order valence-electron chi connectivity index (χ2n) is 15.9. The van der Waals surface area contributed by atoms with Crippen LogP contribution in [0.1, 0.15) is 79.0 Å². The van der Waals surface area contributed by atoms with Gasteiger partial charge in [-0.2, -0.15) is 0 Å². The van der Waals surface area contributed by atoms with Crippen LogP contribution in [0.3, 0.4) is 0 Å². The van der Waals surface area contributed by atoms with Gasteiger partial charge in [-0.15, -0.1) is 6.40 Å². The molecule has 6 heteroatoms. The molecular weight excluding hydrogens is 860 g/mol. The first-order chi connectivity index (χ1) is 30.3. The molecule has 0 atom stereocenters. The number of nitrogens with zero attached hydrogens (tertiary/aromatic N) is 2. The number of benzene rings is 4. The first-order valence-electron chi connectivity index (χ1n) is 21.5. The molecule has 61 heavy (non-hydrogen) atoms. The average Bonchev–Trinajstić information content (AvgIpc) is 4.12. The molecule has 2 aliphatic rings. The van der Waals surface area contributed by atoms with Crippen LogP contribution in [-0.4, -0.2) is 26.5 Å². The number of ether oxygens (including phenoxy) is 1. The minimum Gasteiger partial charge on any atom is -0.494 e. The van der Waals surface area contributed by atoms with Crippen LogP contribution in [0.2, 0.25) is 0 Å². The van der Waals surface area contributed by atoms with Crippen molar-refractivity contribution >= 4 is 69.0 Å². The number of aromatic nitrogens is 4. The predicted molar refractivity (Wildman–Crippen MR) is 265 cm³/mol. The third-order valence-corrected chi connectivity index (χ3v) is 12.3. The van der Waals surface area contributed by atoms with Crippen LogP contribution in [0.25, 0.3) is 90.9 Å². The number of aromatic amines is 2. The summed E-state index contributed by atoms with van der Waals surface area (Å²) in [5, 5.41) is 0. The van der Waals surface area contributed by atoms with E-state index >= 15 is 0 Å². The van der Waals surface area contributed by atoms with Crippen LogP contribution < -0.4 is 4.74 Å². The lowest BCUT2D eigenvalue weighted by Gasteiger charge is -2.13. The molecule has 4 aromatic carbocycles. The SMILES string of the molecule is [3H]C#Cc1ccc(-c2c3nc(c(-c4c(C)cc(C)cc4C)c4ccc([nH]4)c(-c4ccc(I)cc4)c4nc(c(-c5ccc(OCCCCCC)cc5)c5ccc2[nH]5)C=C4)C=C3)cc1. The highest BCUT2D eigenvalue weighted by Crippen LogP contribution is 2.40. The van der Waals surface area contributed by atoms with E-state index < -0.39 is 0 Å². The van der Waals surface area contributed by atoms with Crippen LogP contribution in [0, 0.1) is 36.7 Å². The van der Waals surface area contributed by atoms with Crippen LogP contribution in [0.15, 0.2) is 109 Å². The van der Waals surface area contributed by atoms with E-state index in [9.17, 15) is 0 Å². The fourth-order valence-corrected chi connectivity index (χ4v) is 9.09. The lowest BCUT2D eigenvalue weighted by molar-refractivity contribution is 0.305. The van der Waals surface area contributed by atoms with Crippen LogP contribution in [0.4, 0.5) is 0 Å². The van der Waals surface area contributed by atoms with Gasteiger partial charge in [0.05, 0.1) is 29.4 Å². The monoisotopic (exact) mass is 908 g/mol. The largest absolute Gasteiger partial charge is 0.494 e. The number of H-pyrrole nitrogens is 2. The van der Waals surface area contributed by atoms with Gasteiger partial charge >= 0.3 is 0 Å². The summed E-state index contributed by atoms with van der Waals surface area (Å²) in [6.07, 6.45) is 15.5. The van der Waals surface area contributed by atoms with Crippen molar-refractivity contribution in [3.8, 4) is 62.6 Å². The summed E-state index contributed by atoms with van der Waals surface area (Å²) in [4.78, 5) is 18.7. The van der Waals surface area contributed by atoms with E-state index in [0.29, 0.717) is 6.61 Å². The summed E-state index contributed by atoms with van der Waals surface area (Å²) in [6, 6.07) is 38.3. The first kappa shape index (κ1) is 38.8. The van der Waals surface area contributed by atoms with Crippen molar-refractivity contribution in [3.63, 3.8) is 0 Å². The highest BCUT2D eigenvalue weighted by Gasteiger charge is 2.20. The number of unbranched alkanes of at least 4 members (excludes halogenated alkanes) is 3. The molecule has 5 nitrogen and oxygen atoms in total. The molecule has 0 spiro atoms. The van der Waals surface area contributed by atoms with Gasteiger partial charge in [0.25, 0.3) is 0 Å². The van der Waals surface area contributed by atoms with E-state index in [1.54, 1.807) is 0 Å². The fourth-order valence-electron chi connectivity index (χ4n) is 8.73. The molecule has 3 aromatic heterocycles. The van der Waals surface area contributed by atoms with Crippen molar-refractivity contribution in [2.75, 3.05) is 6.61 Å². The van der Waals surface area contributed by atoms with Gasteiger partial charge in [0.2, 0.25) is 0 Å². The van der Waals surface area contributed by atoms with Crippen LogP contribution >= 0.6 is 22.6 Å². The molecule has 0 aliphatic carbocycles. The number of aryl methyl sites for hydroxylation is 3. The summed E-state index contributed by atoms with van der Waals surface area (Å²) in [6.45, 7) is 9.46. The number of halogens is 1. The van der Waals surface area contributed by atoms with Crippen molar-refractivity contribution in [1.82, 2.24) is 19.9 Å². The number of rotatable bonds is 10. The molecule has 0 fully saturated rings. The molecular formula is C55H47IN4O. The number of hydrogen-bond donors (Lipinski definition) is 2. The van der Waals surface area contributed by atoms with E-state index in [1.807, 2.05) is 12.1 Å². The maximum absolute atomic E-state index is 7.48. The zero-order valence-electron chi connectivity index (χ0n) is 35.9. The normalized spacial score (nSPS) is 12.0. The van der Waals surface area contributed by atoms with Gasteiger partial charge in [-0.3, -0.25) is 0 Å². The van der Waals surface area contributed by atoms with Crippen LogP contribution in [-0.2, 0) is 0 Å². The highest BCUT2D eigenvalue weighted by molar-refractivity contribution is 14.1. The summed E-state index contributed by atoms with van der Waals surface area (Å²) in [5.41, 5.74) is 19.9. The number of nitrogens with one attached hydrogen (secondary N) is 2. The Kier molecular flexibility index (Phi) is 11.0. The zero-order chi connectivity index (χ0) is 42.7. The van der Waals surface area contributed by atoms with Gasteiger partial charge in [0, 0.05) is 53.5 Å². The lowest BCUT2D eigenvalue weighted by atomic mass is 9.92. The molecule has 0 saturated heterocycles. The molecule has 2 N–H and O–H groups in total. The lowest BCUT2D eigenvalue weighted by Crippen LogP contribution is -1.97. The Morgan fingerprint density at radius 3 is 1.52 bits per heavy atom. The second kappa shape index (κ2) is 17.3. The van der Waals surface area contributed by atoms with Gasteiger partial charge in [-0.05, 0) is 168 Å². The Balaban J connectivity index is 1.37. The Hall–Kier alpha value is -6.43. The topological polar surface area (TPSA) is 66.6 Å². The highest BCUT2D eigenvalue weighted by atomic mass is 127. The molecule has 300 valence electrons. The molecule has 8 bridgehead atoms. The number of fused-ring (bicyclic) bond motifs is 8. The molecule has 9 rings (SSSR count). The van der Waals surface area contributed by atoms with Gasteiger partial charge in [0.1, 0.15) is 7.12 Å². The van der Waals surface area contributed by atoms with Crippen molar-refractivity contribution in [2.45, 2.75) is 53.4 Å². The standard InChI is InChI=1S/C55H47IN4O/c1-6-8-9-10-31-61-42-21-17-40(18-22-42)54-45-25-23-43(57-45)52(38-13-11-37(7-2)12-14-38)47-27-29-49(59-47)55(51-35(4)32-34(3)33-36(51)5)50-30-28-48(60-50)53(44-24-26-46(54)58-44)39-15-19-41(56)20-16-39/h2,11-30,32-33,57,60H,6,8-10,31H2,1,3-5H3/i2T. The smallest absolute Gasteiger partial charge is 0.124 e. The van der Waals surface area contributed by atoms with Gasteiger partial charge in [0.15, 0.2) is 0 Å². The summed E-state index contributed by atoms with van der Waals surface area (Å²) in [5.74, 6) is 3.74. The van der Waals surface area contributed by atoms with Crippen molar-refractivity contribution in [1.29, 1.82) is 0 Å². The Bertz CT molecular complexity index is 3100. The zero-order valence-corrected chi connectivity index (χ0v) is 37.1. The fraction of sp³-hybridized carbons (Fsp3) is 0.164. The molecule has 5 heterocycles. The van der Waals surface area contributed by atoms with Crippen LogP contribution in [0.5, 0.6) is 5.75 Å². The quantitative estimate of drug-likeness (QED) is 0.0816. The Morgan fingerprint density at radius 1 is 0.574 bits per heavy atom. The maximum atomic E-state index is 7.48.